The van der Waals surface area contributed by atoms with Gasteiger partial charge in [0.05, 0.1) is 19.8 Å². The summed E-state index contributed by atoms with van der Waals surface area (Å²) in [6, 6.07) is 0. The minimum absolute atomic E-state index is 0.0375. The predicted octanol–water partition coefficient (Wildman–Crippen LogP) is 8.30. The van der Waals surface area contributed by atoms with Crippen molar-refractivity contribution in [1.82, 2.24) is 0 Å². The molecule has 0 bridgehead atoms. The van der Waals surface area contributed by atoms with Gasteiger partial charge in [0.1, 0.15) is 30.5 Å². The molecule has 1 rings (SSSR count). The van der Waals surface area contributed by atoms with Crippen LogP contribution in [0.1, 0.15) is 181 Å². The van der Waals surface area contributed by atoms with Crippen LogP contribution in [0.4, 0.5) is 0 Å². The maximum absolute atomic E-state index is 12.8. The quantitative estimate of drug-likeness (QED) is 0.0205. The van der Waals surface area contributed by atoms with Gasteiger partial charge in [0, 0.05) is 13.0 Å². The van der Waals surface area contributed by atoms with Crippen molar-refractivity contribution in [1.29, 1.82) is 0 Å². The van der Waals surface area contributed by atoms with Gasteiger partial charge in [0.25, 0.3) is 0 Å². The number of rotatable bonds is 37. The average molecular weight is 795 g/mol. The summed E-state index contributed by atoms with van der Waals surface area (Å²) in [6.07, 6.45) is 25.3. The van der Waals surface area contributed by atoms with E-state index in [1.807, 2.05) is 0 Å². The number of hydrogen-bond acceptors (Lipinski definition) is 11. The summed E-state index contributed by atoms with van der Waals surface area (Å²) in [5.41, 5.74) is 0. The van der Waals surface area contributed by atoms with Gasteiger partial charge in [-0.1, -0.05) is 148 Å². The molecule has 4 N–H and O–H groups in total. The molecule has 1 fully saturated rings. The van der Waals surface area contributed by atoms with E-state index < -0.39 is 59.8 Å². The fourth-order valence-corrected chi connectivity index (χ4v) is 7.12. The zero-order valence-electron chi connectivity index (χ0n) is 33.8. The molecular formula is C41H78O12S. The second kappa shape index (κ2) is 33.9. The number of allylic oxidation sites excluding steroid dienone is 2. The molecule has 1 saturated heterocycles. The van der Waals surface area contributed by atoms with Gasteiger partial charge in [-0.2, -0.15) is 8.42 Å². The Bertz CT molecular complexity index is 1010. The first-order valence-electron chi connectivity index (χ1n) is 21.4. The summed E-state index contributed by atoms with van der Waals surface area (Å²) < 4.78 is 58.9. The molecule has 13 heteroatoms. The van der Waals surface area contributed by atoms with Crippen LogP contribution in [0, 0.1) is 0 Å². The van der Waals surface area contributed by atoms with E-state index in [9.17, 15) is 28.5 Å². The number of ether oxygens (including phenoxy) is 4. The van der Waals surface area contributed by atoms with Crippen molar-refractivity contribution in [2.24, 2.45) is 0 Å². The fourth-order valence-electron chi connectivity index (χ4n) is 6.61. The molecule has 0 aromatic carbocycles. The Labute approximate surface area is 328 Å². The highest BCUT2D eigenvalue weighted by Crippen LogP contribution is 2.26. The number of carbonyl (C=O) groups is 1. The van der Waals surface area contributed by atoms with Crippen molar-refractivity contribution in [2.75, 3.05) is 26.4 Å². The maximum Gasteiger partial charge on any atom is 0.397 e. The van der Waals surface area contributed by atoms with Gasteiger partial charge in [0.2, 0.25) is 0 Å². The third-order valence-corrected chi connectivity index (χ3v) is 10.4. The number of carbonyl (C=O) groups excluding carboxylic acids is 1. The average Bonchev–Trinajstić information content (AvgIpc) is 3.14. The number of unbranched alkanes of at least 4 members (excludes halogenated alkanes) is 22. The Kier molecular flexibility index (Phi) is 32.0. The third-order valence-electron chi connectivity index (χ3n) is 9.89. The molecule has 320 valence electrons. The number of aliphatic hydroxyl groups is 3. The summed E-state index contributed by atoms with van der Waals surface area (Å²) in [7, 11) is -5.05. The third kappa shape index (κ3) is 27.4. The van der Waals surface area contributed by atoms with E-state index in [-0.39, 0.29) is 19.6 Å². The minimum atomic E-state index is -5.05. The lowest BCUT2D eigenvalue weighted by molar-refractivity contribution is -0.301. The molecule has 1 aliphatic rings. The molecule has 0 aromatic heterocycles. The molecule has 6 atom stereocenters. The molecule has 1 heterocycles. The molecule has 0 spiro atoms. The van der Waals surface area contributed by atoms with Crippen molar-refractivity contribution >= 4 is 16.4 Å². The first-order chi connectivity index (χ1) is 26.1. The molecule has 6 unspecified atom stereocenters. The normalized spacial score (nSPS) is 21.2. The van der Waals surface area contributed by atoms with Gasteiger partial charge in [0.15, 0.2) is 6.29 Å². The lowest BCUT2D eigenvalue weighted by atomic mass is 9.99. The summed E-state index contributed by atoms with van der Waals surface area (Å²) in [5.74, 6) is -0.406. The topological polar surface area (TPSA) is 178 Å². The predicted molar refractivity (Wildman–Crippen MR) is 211 cm³/mol. The highest BCUT2D eigenvalue weighted by atomic mass is 32.3. The van der Waals surface area contributed by atoms with E-state index in [2.05, 4.69) is 30.2 Å². The van der Waals surface area contributed by atoms with Crippen LogP contribution in [0.5, 0.6) is 0 Å². The van der Waals surface area contributed by atoms with Crippen molar-refractivity contribution in [3.63, 3.8) is 0 Å². The minimum Gasteiger partial charge on any atom is -0.457 e. The van der Waals surface area contributed by atoms with Crippen LogP contribution in [0.2, 0.25) is 0 Å². The Morgan fingerprint density at radius 3 is 1.67 bits per heavy atom. The van der Waals surface area contributed by atoms with E-state index in [1.54, 1.807) is 0 Å². The first-order valence-corrected chi connectivity index (χ1v) is 22.8. The van der Waals surface area contributed by atoms with Crippen molar-refractivity contribution in [3.05, 3.63) is 12.2 Å². The van der Waals surface area contributed by atoms with Crippen LogP contribution in [0.15, 0.2) is 12.2 Å². The fraction of sp³-hybridized carbons (Fsp3) is 0.927. The summed E-state index contributed by atoms with van der Waals surface area (Å²) in [5, 5.41) is 30.6. The molecule has 1 aliphatic heterocycles. The number of esters is 1. The highest BCUT2D eigenvalue weighted by Gasteiger charge is 2.48. The van der Waals surface area contributed by atoms with Gasteiger partial charge < -0.3 is 34.3 Å². The van der Waals surface area contributed by atoms with E-state index in [0.29, 0.717) is 13.0 Å². The largest absolute Gasteiger partial charge is 0.457 e. The van der Waals surface area contributed by atoms with E-state index in [1.165, 1.54) is 96.3 Å². The highest BCUT2D eigenvalue weighted by molar-refractivity contribution is 7.80. The van der Waals surface area contributed by atoms with Crippen molar-refractivity contribution < 1.29 is 56.2 Å². The van der Waals surface area contributed by atoms with E-state index in [4.69, 9.17) is 23.5 Å². The van der Waals surface area contributed by atoms with Gasteiger partial charge in [-0.05, 0) is 38.5 Å². The number of hydrogen-bond donors (Lipinski definition) is 4. The Morgan fingerprint density at radius 1 is 0.685 bits per heavy atom. The van der Waals surface area contributed by atoms with Crippen LogP contribution in [-0.4, -0.2) is 97.5 Å². The van der Waals surface area contributed by atoms with Crippen LogP contribution in [-0.2, 0) is 38.3 Å². The zero-order chi connectivity index (χ0) is 39.7. The van der Waals surface area contributed by atoms with Gasteiger partial charge in [-0.25, -0.2) is 4.18 Å². The van der Waals surface area contributed by atoms with E-state index >= 15 is 0 Å². The molecule has 0 amide bonds. The summed E-state index contributed by atoms with van der Waals surface area (Å²) >= 11 is 0. The van der Waals surface area contributed by atoms with Gasteiger partial charge in [-0.3, -0.25) is 9.35 Å². The van der Waals surface area contributed by atoms with Crippen LogP contribution < -0.4 is 0 Å². The van der Waals surface area contributed by atoms with Crippen LogP contribution in [0.3, 0.4) is 0 Å². The van der Waals surface area contributed by atoms with Crippen LogP contribution in [0.25, 0.3) is 0 Å². The number of aliphatic hydroxyl groups excluding tert-OH is 3. The molecule has 0 radical (unpaired) electrons. The lowest BCUT2D eigenvalue weighted by Crippen LogP contribution is -2.60. The standard InChI is InChI=1S/C41H78O12S/c1-3-5-7-9-11-13-15-16-17-18-19-20-22-24-26-28-30-37(43)51-35(33-49-31-29-27-25-23-21-14-12-10-8-6-4-2)34-50-41-39(45)40(53-54(46,47)48)38(44)36(32-42)52-41/h17-18,35-36,38-42,44-45H,3-16,19-34H2,1-2H3,(H,46,47,48)/b18-17-. The van der Waals surface area contributed by atoms with Crippen molar-refractivity contribution in [2.45, 2.75) is 218 Å². The maximum atomic E-state index is 12.8. The lowest BCUT2D eigenvalue weighted by Gasteiger charge is -2.41. The monoisotopic (exact) mass is 795 g/mol. The second-order valence-electron chi connectivity index (χ2n) is 14.9. The van der Waals surface area contributed by atoms with E-state index in [0.717, 1.165) is 57.8 Å². The van der Waals surface area contributed by atoms with Crippen LogP contribution >= 0.6 is 0 Å². The Morgan fingerprint density at radius 2 is 1.17 bits per heavy atom. The van der Waals surface area contributed by atoms with Crippen molar-refractivity contribution in [3.8, 4) is 0 Å². The first kappa shape index (κ1) is 50.9. The smallest absolute Gasteiger partial charge is 0.397 e. The summed E-state index contributed by atoms with van der Waals surface area (Å²) in [4.78, 5) is 12.8. The summed E-state index contributed by atoms with van der Waals surface area (Å²) in [6.45, 7) is 3.98. The molecule has 54 heavy (non-hydrogen) atoms. The SMILES string of the molecule is CCCCCCCCC/C=C\CCCCCCCC(=O)OC(COCCCCCCCCCCCCC)COC1OC(CO)C(O)C(OS(=O)(=O)O)C1O. The molecular weight excluding hydrogens is 717 g/mol. The molecule has 0 aliphatic carbocycles. The zero-order valence-corrected chi connectivity index (χ0v) is 34.6. The molecule has 12 nitrogen and oxygen atoms in total. The Balaban J connectivity index is 2.45. The Hall–Kier alpha value is -1.16. The molecule has 0 saturated carbocycles. The second-order valence-corrected chi connectivity index (χ2v) is 16.0. The van der Waals surface area contributed by atoms with Gasteiger partial charge in [-0.15, -0.1) is 0 Å². The van der Waals surface area contributed by atoms with Gasteiger partial charge >= 0.3 is 16.4 Å². The molecule has 0 aromatic rings.